The smallest absolute Gasteiger partial charge is 0.248 e. The van der Waals surface area contributed by atoms with Crippen LogP contribution in [-0.4, -0.2) is 28.4 Å². The molecule has 0 N–H and O–H groups in total. The summed E-state index contributed by atoms with van der Waals surface area (Å²) in [6, 6.07) is 0. The van der Waals surface area contributed by atoms with E-state index in [1.54, 1.807) is 0 Å². The zero-order chi connectivity index (χ0) is 9.19. The first-order valence-electron chi connectivity index (χ1n) is 2.92. The highest BCUT2D eigenvalue weighted by Crippen LogP contribution is 1.98. The van der Waals surface area contributed by atoms with Crippen LogP contribution >= 0.6 is 11.6 Å². The molecule has 0 amide bonds. The maximum Gasteiger partial charge on any atom is 0.248 e. The molecule has 66 valence electrons. The number of hydrogen-bond donors (Lipinski definition) is 0. The van der Waals surface area contributed by atoms with Gasteiger partial charge < -0.3 is 0 Å². The molecule has 1 aromatic heterocycles. The Morgan fingerprint density at radius 3 is 2.67 bits per heavy atom. The highest BCUT2D eigenvalue weighted by Gasteiger charge is 2.15. The van der Waals surface area contributed by atoms with Crippen molar-refractivity contribution in [2.24, 2.45) is 0 Å². The number of halogens is 1. The van der Waals surface area contributed by atoms with Gasteiger partial charge >= 0.3 is 0 Å². The predicted octanol–water partition coefficient (Wildman–Crippen LogP) is -0.174. The van der Waals surface area contributed by atoms with E-state index in [0.717, 1.165) is 10.3 Å². The second kappa shape index (κ2) is 3.24. The van der Waals surface area contributed by atoms with Gasteiger partial charge in [0.2, 0.25) is 15.3 Å². The molecule has 1 aromatic rings. The van der Waals surface area contributed by atoms with Crippen molar-refractivity contribution in [3.8, 4) is 0 Å². The Bertz CT molecular complexity index is 369. The lowest BCUT2D eigenvalue weighted by atomic mass is 10.9. The van der Waals surface area contributed by atoms with Crippen molar-refractivity contribution in [1.29, 1.82) is 0 Å². The van der Waals surface area contributed by atoms with Gasteiger partial charge in [0.05, 0.1) is 0 Å². The fourth-order valence-electron chi connectivity index (χ4n) is 0.629. The average Bonchev–Trinajstić information content (AvgIpc) is 2.32. The molecule has 0 aliphatic rings. The molecule has 0 atom stereocenters. The number of imidazole rings is 1. The van der Waals surface area contributed by atoms with Crippen molar-refractivity contribution in [3.63, 3.8) is 0 Å². The number of carbonyl (C=O) groups excluding carboxylic acids is 1. The molecule has 1 heterocycles. The van der Waals surface area contributed by atoms with Crippen LogP contribution in [0.1, 0.15) is 0 Å². The zero-order valence-corrected chi connectivity index (χ0v) is 7.42. The van der Waals surface area contributed by atoms with E-state index in [1.807, 2.05) is 0 Å². The van der Waals surface area contributed by atoms with E-state index in [-0.39, 0.29) is 0 Å². The van der Waals surface area contributed by atoms with Crippen LogP contribution in [0.5, 0.6) is 0 Å². The van der Waals surface area contributed by atoms with Crippen LogP contribution in [0.25, 0.3) is 0 Å². The molecule has 0 fully saturated rings. The predicted molar refractivity (Wildman–Crippen MR) is 42.3 cm³/mol. The molecule has 0 aromatic carbocycles. The summed E-state index contributed by atoms with van der Waals surface area (Å²) in [7, 11) is -3.64. The Labute approximate surface area is 74.0 Å². The Kier molecular flexibility index (Phi) is 2.49. The molecule has 0 saturated carbocycles. The zero-order valence-electron chi connectivity index (χ0n) is 5.84. The molecule has 0 bridgehead atoms. The van der Waals surface area contributed by atoms with Crippen LogP contribution in [0.15, 0.2) is 18.7 Å². The Morgan fingerprint density at radius 1 is 1.58 bits per heavy atom. The summed E-state index contributed by atoms with van der Waals surface area (Å²) in [6.45, 7) is 0. The lowest BCUT2D eigenvalue weighted by Gasteiger charge is -1.99. The highest BCUT2D eigenvalue weighted by molar-refractivity contribution is 7.90. The fraction of sp³-hybridized carbons (Fsp3) is 0.200. The third-order valence-corrected chi connectivity index (χ3v) is 2.87. The Balaban J connectivity index is 2.96. The van der Waals surface area contributed by atoms with Gasteiger partial charge in [-0.15, -0.1) is 0 Å². The van der Waals surface area contributed by atoms with Crippen molar-refractivity contribution in [1.82, 2.24) is 8.96 Å². The molecule has 1 rings (SSSR count). The first kappa shape index (κ1) is 9.21. The summed E-state index contributed by atoms with van der Waals surface area (Å²) < 4.78 is 23.1. The van der Waals surface area contributed by atoms with Gasteiger partial charge in [0.1, 0.15) is 12.1 Å². The van der Waals surface area contributed by atoms with Crippen molar-refractivity contribution in [2.45, 2.75) is 0 Å². The van der Waals surface area contributed by atoms with Gasteiger partial charge in [-0.3, -0.25) is 4.79 Å². The maximum atomic E-state index is 11.1. The molecule has 7 heteroatoms. The maximum absolute atomic E-state index is 11.1. The Hall–Kier alpha value is -0.880. The van der Waals surface area contributed by atoms with Crippen LogP contribution in [0.3, 0.4) is 0 Å². The summed E-state index contributed by atoms with van der Waals surface area (Å²) in [4.78, 5) is 13.8. The first-order valence-corrected chi connectivity index (χ1v) is 4.90. The molecular weight excluding hydrogens is 204 g/mol. The normalized spacial score (nSPS) is 11.4. The quantitative estimate of drug-likeness (QED) is 0.647. The van der Waals surface area contributed by atoms with E-state index in [4.69, 9.17) is 11.6 Å². The monoisotopic (exact) mass is 208 g/mol. The van der Waals surface area contributed by atoms with Gasteiger partial charge in [-0.1, -0.05) is 0 Å². The molecule has 0 unspecified atom stereocenters. The summed E-state index contributed by atoms with van der Waals surface area (Å²) >= 11 is 4.93. The standard InChI is InChI=1S/C5H5ClN2O3S/c6-5(9)3-12(10,11)8-2-1-7-4-8/h1-2,4H,3H2. The van der Waals surface area contributed by atoms with Crippen molar-refractivity contribution in [3.05, 3.63) is 18.7 Å². The number of aromatic nitrogens is 2. The lowest BCUT2D eigenvalue weighted by molar-refractivity contribution is -0.109. The van der Waals surface area contributed by atoms with E-state index in [0.29, 0.717) is 0 Å². The van der Waals surface area contributed by atoms with E-state index in [9.17, 15) is 13.2 Å². The fourth-order valence-corrected chi connectivity index (χ4v) is 1.92. The van der Waals surface area contributed by atoms with E-state index in [2.05, 4.69) is 4.98 Å². The molecular formula is C5H5ClN2O3S. The van der Waals surface area contributed by atoms with Crippen LogP contribution in [0.2, 0.25) is 0 Å². The minimum Gasteiger partial charge on any atom is -0.280 e. The second-order valence-electron chi connectivity index (χ2n) is 2.00. The van der Waals surface area contributed by atoms with E-state index >= 15 is 0 Å². The van der Waals surface area contributed by atoms with Crippen LogP contribution in [-0.2, 0) is 14.8 Å². The van der Waals surface area contributed by atoms with Gasteiger partial charge in [0.25, 0.3) is 0 Å². The SMILES string of the molecule is O=C(Cl)CS(=O)(=O)n1ccnc1. The van der Waals surface area contributed by atoms with E-state index in [1.165, 1.54) is 12.4 Å². The second-order valence-corrected chi connectivity index (χ2v) is 4.30. The summed E-state index contributed by atoms with van der Waals surface area (Å²) in [6.07, 6.45) is 3.63. The largest absolute Gasteiger partial charge is 0.280 e. The third-order valence-electron chi connectivity index (χ3n) is 1.10. The molecule has 0 radical (unpaired) electrons. The number of nitrogens with zero attached hydrogens (tertiary/aromatic N) is 2. The molecule has 5 nitrogen and oxygen atoms in total. The topological polar surface area (TPSA) is 69.0 Å². The number of carbonyl (C=O) groups is 1. The highest BCUT2D eigenvalue weighted by atomic mass is 35.5. The third kappa shape index (κ3) is 2.05. The van der Waals surface area contributed by atoms with Crippen molar-refractivity contribution in [2.75, 3.05) is 5.75 Å². The van der Waals surface area contributed by atoms with Crippen LogP contribution in [0.4, 0.5) is 0 Å². The number of hydrogen-bond acceptors (Lipinski definition) is 4. The van der Waals surface area contributed by atoms with Gasteiger partial charge in [0.15, 0.2) is 0 Å². The van der Waals surface area contributed by atoms with Gasteiger partial charge in [-0.05, 0) is 11.6 Å². The molecule has 0 aliphatic carbocycles. The molecule has 12 heavy (non-hydrogen) atoms. The van der Waals surface area contributed by atoms with E-state index < -0.39 is 21.0 Å². The van der Waals surface area contributed by atoms with Crippen LogP contribution < -0.4 is 0 Å². The first-order chi connectivity index (χ1) is 5.52. The summed E-state index contributed by atoms with van der Waals surface area (Å²) in [5.74, 6) is -0.717. The van der Waals surface area contributed by atoms with Gasteiger partial charge in [-0.2, -0.15) is 0 Å². The minimum atomic E-state index is -3.64. The van der Waals surface area contributed by atoms with Crippen LogP contribution in [0, 0.1) is 0 Å². The minimum absolute atomic E-state index is 0.717. The van der Waals surface area contributed by atoms with Crippen molar-refractivity contribution >= 4 is 26.9 Å². The average molecular weight is 209 g/mol. The van der Waals surface area contributed by atoms with Crippen molar-refractivity contribution < 1.29 is 13.2 Å². The molecule has 0 aliphatic heterocycles. The summed E-state index contributed by atoms with van der Waals surface area (Å²) in [5.41, 5.74) is 0. The molecule has 0 spiro atoms. The van der Waals surface area contributed by atoms with Gasteiger partial charge in [-0.25, -0.2) is 17.4 Å². The lowest BCUT2D eigenvalue weighted by Crippen LogP contribution is -2.18. The Morgan fingerprint density at radius 2 is 2.25 bits per heavy atom. The number of rotatable bonds is 3. The summed E-state index contributed by atoms with van der Waals surface area (Å²) in [5, 5.41) is -0.913. The molecule has 0 saturated heterocycles. The van der Waals surface area contributed by atoms with Gasteiger partial charge in [0, 0.05) is 12.4 Å².